The molecule has 0 saturated carbocycles. The number of likely N-dealkylation sites (tertiary alicyclic amines) is 1. The van der Waals surface area contributed by atoms with Gasteiger partial charge in [-0.15, -0.1) is 0 Å². The molecule has 0 bridgehead atoms. The normalized spacial score (nSPS) is 18.2. The Kier molecular flexibility index (Phi) is 7.21. The van der Waals surface area contributed by atoms with Gasteiger partial charge in [-0.25, -0.2) is 0 Å². The molecule has 162 valence electrons. The highest BCUT2D eigenvalue weighted by atomic mass is 16.5. The smallest absolute Gasteiger partial charge is 0.277 e. The van der Waals surface area contributed by atoms with Crippen molar-refractivity contribution in [1.82, 2.24) is 4.90 Å². The molecule has 6 heteroatoms. The van der Waals surface area contributed by atoms with E-state index in [1.54, 1.807) is 14.2 Å². The molecule has 2 aromatic carbocycles. The van der Waals surface area contributed by atoms with Crippen LogP contribution >= 0.6 is 0 Å². The zero-order valence-electron chi connectivity index (χ0n) is 18.8. The molecular formula is C24H34N3O3+. The summed E-state index contributed by atoms with van der Waals surface area (Å²) in [6, 6.07) is 14.5. The van der Waals surface area contributed by atoms with Crippen LogP contribution in [0.5, 0.6) is 11.5 Å². The van der Waals surface area contributed by atoms with Gasteiger partial charge in [-0.05, 0) is 35.9 Å². The van der Waals surface area contributed by atoms with E-state index in [4.69, 9.17) is 9.47 Å². The Bertz CT molecular complexity index is 851. The van der Waals surface area contributed by atoms with Crippen LogP contribution in [0, 0.1) is 0 Å². The molecule has 1 N–H and O–H groups in total. The summed E-state index contributed by atoms with van der Waals surface area (Å²) >= 11 is 0. The number of hydrogen-bond donors (Lipinski definition) is 1. The van der Waals surface area contributed by atoms with Gasteiger partial charge in [-0.1, -0.05) is 12.1 Å². The summed E-state index contributed by atoms with van der Waals surface area (Å²) in [4.78, 5) is 18.2. The van der Waals surface area contributed by atoms with Crippen LogP contribution < -0.4 is 19.3 Å². The third kappa shape index (κ3) is 5.05. The molecule has 0 spiro atoms. The molecule has 1 amide bonds. The number of hydrogen-bond acceptors (Lipinski definition) is 4. The van der Waals surface area contributed by atoms with Crippen molar-refractivity contribution in [2.75, 3.05) is 53.4 Å². The molecule has 3 rings (SSSR count). The monoisotopic (exact) mass is 412 g/mol. The second kappa shape index (κ2) is 9.85. The lowest BCUT2D eigenvalue weighted by atomic mass is 10.0. The molecular weight excluding hydrogens is 378 g/mol. The first kappa shape index (κ1) is 22.0. The zero-order valence-corrected chi connectivity index (χ0v) is 18.8. The predicted molar refractivity (Wildman–Crippen MR) is 119 cm³/mol. The molecule has 0 aliphatic carbocycles. The van der Waals surface area contributed by atoms with E-state index in [-0.39, 0.29) is 11.9 Å². The third-order valence-corrected chi connectivity index (χ3v) is 5.97. The molecule has 1 aliphatic rings. The highest BCUT2D eigenvalue weighted by Gasteiger charge is 2.34. The molecule has 1 heterocycles. The van der Waals surface area contributed by atoms with E-state index in [1.165, 1.54) is 4.90 Å². The molecule has 1 fully saturated rings. The summed E-state index contributed by atoms with van der Waals surface area (Å²) < 4.78 is 11.0. The molecule has 6 nitrogen and oxygen atoms in total. The van der Waals surface area contributed by atoms with Crippen molar-refractivity contribution in [2.24, 2.45) is 0 Å². The molecule has 1 unspecified atom stereocenters. The van der Waals surface area contributed by atoms with Crippen molar-refractivity contribution in [2.45, 2.75) is 25.4 Å². The topological polar surface area (TPSA) is 46.5 Å². The number of nitrogens with zero attached hydrogens (tertiary/aromatic N) is 2. The van der Waals surface area contributed by atoms with Crippen LogP contribution in [-0.4, -0.2) is 59.3 Å². The summed E-state index contributed by atoms with van der Waals surface area (Å²) in [7, 11) is 9.31. The van der Waals surface area contributed by atoms with Gasteiger partial charge in [0, 0.05) is 46.2 Å². The van der Waals surface area contributed by atoms with E-state index in [0.29, 0.717) is 13.1 Å². The molecule has 30 heavy (non-hydrogen) atoms. The van der Waals surface area contributed by atoms with Crippen LogP contribution in [0.15, 0.2) is 42.5 Å². The number of ether oxygens (including phenoxy) is 2. The molecule has 0 radical (unpaired) electrons. The maximum absolute atomic E-state index is 13.0. The van der Waals surface area contributed by atoms with Gasteiger partial charge in [-0.2, -0.15) is 0 Å². The van der Waals surface area contributed by atoms with Gasteiger partial charge < -0.3 is 24.2 Å². The number of likely N-dealkylation sites (N-methyl/N-ethyl adjacent to an activating group) is 1. The van der Waals surface area contributed by atoms with Crippen molar-refractivity contribution < 1.29 is 19.2 Å². The Labute approximate surface area is 180 Å². The lowest BCUT2D eigenvalue weighted by Crippen LogP contribution is -3.11. The minimum Gasteiger partial charge on any atom is -0.497 e. The highest BCUT2D eigenvalue weighted by Crippen LogP contribution is 2.31. The third-order valence-electron chi connectivity index (χ3n) is 5.97. The fourth-order valence-corrected chi connectivity index (χ4v) is 4.20. The summed E-state index contributed by atoms with van der Waals surface area (Å²) in [6.07, 6.45) is 2.14. The average Bonchev–Trinajstić information content (AvgIpc) is 3.21. The van der Waals surface area contributed by atoms with E-state index < -0.39 is 0 Å². The van der Waals surface area contributed by atoms with Crippen molar-refractivity contribution in [3.63, 3.8) is 0 Å². The number of benzene rings is 2. The summed E-state index contributed by atoms with van der Waals surface area (Å²) in [5.41, 5.74) is 3.42. The van der Waals surface area contributed by atoms with Gasteiger partial charge in [0.15, 0.2) is 6.54 Å². The zero-order chi connectivity index (χ0) is 21.7. The Hall–Kier alpha value is -2.73. The first-order valence-corrected chi connectivity index (χ1v) is 10.5. The quantitative estimate of drug-likeness (QED) is 0.722. The Balaban J connectivity index is 1.66. The molecule has 1 saturated heterocycles. The van der Waals surface area contributed by atoms with E-state index in [9.17, 15) is 4.79 Å². The molecule has 2 atom stereocenters. The lowest BCUT2D eigenvalue weighted by molar-refractivity contribution is -0.910. The Morgan fingerprint density at radius 2 is 1.80 bits per heavy atom. The number of carbonyl (C=O) groups excluding carboxylic acids is 1. The average molecular weight is 413 g/mol. The fraction of sp³-hybridized carbons (Fsp3) is 0.458. The van der Waals surface area contributed by atoms with Crippen molar-refractivity contribution in [1.29, 1.82) is 0 Å². The van der Waals surface area contributed by atoms with Crippen LogP contribution in [0.1, 0.15) is 30.0 Å². The first-order valence-electron chi connectivity index (χ1n) is 10.5. The Morgan fingerprint density at radius 3 is 2.43 bits per heavy atom. The summed E-state index contributed by atoms with van der Waals surface area (Å²) in [5, 5.41) is 0. The van der Waals surface area contributed by atoms with E-state index in [2.05, 4.69) is 35.2 Å². The van der Waals surface area contributed by atoms with Gasteiger partial charge in [0.2, 0.25) is 0 Å². The standard InChI is InChI=1S/C24H33N3O3/c1-25(2)19-10-8-18(9-11-19)16-26(3)24(28)17-27-14-6-7-22(27)21-15-20(29-4)12-13-23(21)30-5/h8-13,15,22H,6-7,14,16-17H2,1-5H3/p+1/t22-/m0/s1. The van der Waals surface area contributed by atoms with Crippen molar-refractivity contribution in [3.8, 4) is 11.5 Å². The number of nitrogens with one attached hydrogen (secondary N) is 1. The summed E-state index contributed by atoms with van der Waals surface area (Å²) in [6.45, 7) is 2.09. The van der Waals surface area contributed by atoms with E-state index in [0.717, 1.165) is 47.7 Å². The van der Waals surface area contributed by atoms with Gasteiger partial charge >= 0.3 is 0 Å². The number of anilines is 1. The minimum atomic E-state index is 0.162. The van der Waals surface area contributed by atoms with Gasteiger partial charge in [-0.3, -0.25) is 4.79 Å². The van der Waals surface area contributed by atoms with Crippen molar-refractivity contribution in [3.05, 3.63) is 53.6 Å². The van der Waals surface area contributed by atoms with Crippen LogP contribution in [0.4, 0.5) is 5.69 Å². The number of amides is 1. The van der Waals surface area contributed by atoms with Crippen LogP contribution in [0.25, 0.3) is 0 Å². The number of carbonyl (C=O) groups is 1. The second-order valence-electron chi connectivity index (χ2n) is 8.20. The molecule has 1 aliphatic heterocycles. The number of methoxy groups -OCH3 is 2. The van der Waals surface area contributed by atoms with E-state index >= 15 is 0 Å². The van der Waals surface area contributed by atoms with Crippen LogP contribution in [-0.2, 0) is 11.3 Å². The number of quaternary nitrogens is 1. The molecule has 0 aromatic heterocycles. The van der Waals surface area contributed by atoms with Crippen LogP contribution in [0.3, 0.4) is 0 Å². The minimum absolute atomic E-state index is 0.162. The summed E-state index contributed by atoms with van der Waals surface area (Å²) in [5.74, 6) is 1.85. The lowest BCUT2D eigenvalue weighted by Gasteiger charge is -2.25. The van der Waals surface area contributed by atoms with E-state index in [1.807, 2.05) is 38.2 Å². The fourth-order valence-electron chi connectivity index (χ4n) is 4.20. The van der Waals surface area contributed by atoms with Gasteiger partial charge in [0.1, 0.15) is 17.5 Å². The second-order valence-corrected chi connectivity index (χ2v) is 8.20. The first-order chi connectivity index (χ1) is 14.4. The maximum Gasteiger partial charge on any atom is 0.277 e. The number of rotatable bonds is 8. The van der Waals surface area contributed by atoms with Gasteiger partial charge in [0.25, 0.3) is 5.91 Å². The highest BCUT2D eigenvalue weighted by molar-refractivity contribution is 5.76. The molecule has 2 aromatic rings. The largest absolute Gasteiger partial charge is 0.497 e. The van der Waals surface area contributed by atoms with Crippen LogP contribution in [0.2, 0.25) is 0 Å². The van der Waals surface area contributed by atoms with Crippen molar-refractivity contribution >= 4 is 11.6 Å². The predicted octanol–water partition coefficient (Wildman–Crippen LogP) is 2.15. The van der Waals surface area contributed by atoms with Gasteiger partial charge in [0.05, 0.1) is 26.3 Å². The SMILES string of the molecule is COc1ccc(OC)c([C@@H]2CCC[NH+]2CC(=O)N(C)Cc2ccc(N(C)C)cc2)c1. The maximum atomic E-state index is 13.0. The Morgan fingerprint density at radius 1 is 1.07 bits per heavy atom.